The number of carbonyl (C=O) groups is 1. The van der Waals surface area contributed by atoms with Crippen LogP contribution >= 0.6 is 0 Å². The number of hydrogen-bond donors (Lipinski definition) is 1. The van der Waals surface area contributed by atoms with Crippen LogP contribution in [0.3, 0.4) is 0 Å². The van der Waals surface area contributed by atoms with E-state index in [0.717, 1.165) is 5.56 Å². The molecular weight excluding hydrogens is 555 g/mol. The summed E-state index contributed by atoms with van der Waals surface area (Å²) in [6.45, 7) is 5.19. The van der Waals surface area contributed by atoms with E-state index in [1.54, 1.807) is 53.1 Å². The first kappa shape index (κ1) is 29.8. The summed E-state index contributed by atoms with van der Waals surface area (Å²) in [5, 5.41) is 9.45. The van der Waals surface area contributed by atoms with Gasteiger partial charge in [-0.2, -0.15) is 0 Å². The molecule has 0 saturated heterocycles. The van der Waals surface area contributed by atoms with Crippen LogP contribution in [0, 0.1) is 18.6 Å². The Balaban J connectivity index is 0.00000180. The number of carboxylic acid groups (broad SMARTS) is 1. The van der Waals surface area contributed by atoms with Gasteiger partial charge in [-0.05, 0) is 67.3 Å². The van der Waals surface area contributed by atoms with Crippen molar-refractivity contribution in [3.8, 4) is 17.1 Å². The van der Waals surface area contributed by atoms with Crippen molar-refractivity contribution < 1.29 is 27.8 Å². The SMILES string of the molecule is CC.Cc1ccc(COc2cccc(-c3ccc(Cc4nc5ccc(C(=O)O)cc5n4C4(CF)CC4)c(F)c3)n2)c(F)c1. The van der Waals surface area contributed by atoms with Crippen molar-refractivity contribution in [2.45, 2.75) is 52.2 Å². The molecule has 1 N–H and O–H groups in total. The molecule has 1 aliphatic carbocycles. The maximum absolute atomic E-state index is 15.4. The Morgan fingerprint density at radius 2 is 1.70 bits per heavy atom. The van der Waals surface area contributed by atoms with Crippen LogP contribution in [0.2, 0.25) is 0 Å². The smallest absolute Gasteiger partial charge is 0.335 e. The van der Waals surface area contributed by atoms with Gasteiger partial charge in [0.05, 0.1) is 27.8 Å². The third-order valence-corrected chi connectivity index (χ3v) is 7.53. The zero-order valence-electron chi connectivity index (χ0n) is 24.2. The number of ether oxygens (including phenoxy) is 1. The average molecular weight is 588 g/mol. The summed E-state index contributed by atoms with van der Waals surface area (Å²) in [6.07, 6.45) is 1.30. The molecule has 0 spiro atoms. The lowest BCUT2D eigenvalue weighted by atomic mass is 10.0. The first-order valence-electron chi connectivity index (χ1n) is 14.2. The van der Waals surface area contributed by atoms with Crippen LogP contribution in [0.4, 0.5) is 13.2 Å². The van der Waals surface area contributed by atoms with Gasteiger partial charge in [0.2, 0.25) is 5.88 Å². The number of carboxylic acids is 1. The van der Waals surface area contributed by atoms with Crippen LogP contribution in [0.5, 0.6) is 5.88 Å². The Morgan fingerprint density at radius 1 is 0.953 bits per heavy atom. The Bertz CT molecular complexity index is 1800. The topological polar surface area (TPSA) is 77.2 Å². The van der Waals surface area contributed by atoms with Gasteiger partial charge in [-0.3, -0.25) is 0 Å². The fourth-order valence-corrected chi connectivity index (χ4v) is 5.06. The van der Waals surface area contributed by atoms with E-state index < -0.39 is 24.0 Å². The second-order valence-electron chi connectivity index (χ2n) is 10.5. The molecule has 1 fully saturated rings. The molecule has 0 radical (unpaired) electrons. The van der Waals surface area contributed by atoms with Gasteiger partial charge in [-0.1, -0.05) is 44.2 Å². The first-order valence-corrected chi connectivity index (χ1v) is 14.2. The highest BCUT2D eigenvalue weighted by Crippen LogP contribution is 2.47. The largest absolute Gasteiger partial charge is 0.478 e. The number of alkyl halides is 1. The minimum Gasteiger partial charge on any atom is -0.478 e. The number of hydrogen-bond acceptors (Lipinski definition) is 4. The van der Waals surface area contributed by atoms with Gasteiger partial charge in [0, 0.05) is 23.6 Å². The van der Waals surface area contributed by atoms with Crippen LogP contribution in [0.25, 0.3) is 22.3 Å². The van der Waals surface area contributed by atoms with Crippen molar-refractivity contribution in [1.82, 2.24) is 14.5 Å². The Morgan fingerprint density at radius 3 is 2.37 bits per heavy atom. The number of aryl methyl sites for hydroxylation is 1. The lowest BCUT2D eigenvalue weighted by Gasteiger charge is -2.18. The molecule has 222 valence electrons. The monoisotopic (exact) mass is 587 g/mol. The number of benzene rings is 3. The quantitative estimate of drug-likeness (QED) is 0.189. The van der Waals surface area contributed by atoms with E-state index in [9.17, 15) is 18.7 Å². The van der Waals surface area contributed by atoms with Gasteiger partial charge in [0.15, 0.2) is 0 Å². The molecule has 1 saturated carbocycles. The van der Waals surface area contributed by atoms with Crippen molar-refractivity contribution in [2.24, 2.45) is 0 Å². The number of fused-ring (bicyclic) bond motifs is 1. The predicted octanol–water partition coefficient (Wildman–Crippen LogP) is 8.04. The Labute approximate surface area is 247 Å². The molecule has 9 heteroatoms. The molecular formula is C34H32F3N3O3. The van der Waals surface area contributed by atoms with E-state index in [1.165, 1.54) is 24.3 Å². The summed E-state index contributed by atoms with van der Waals surface area (Å²) in [7, 11) is 0. The van der Waals surface area contributed by atoms with Gasteiger partial charge in [-0.25, -0.2) is 27.9 Å². The molecule has 43 heavy (non-hydrogen) atoms. The van der Waals surface area contributed by atoms with E-state index >= 15 is 4.39 Å². The Kier molecular flexibility index (Phi) is 8.52. The molecule has 0 aliphatic heterocycles. The van der Waals surface area contributed by atoms with E-state index in [4.69, 9.17) is 4.74 Å². The molecule has 6 nitrogen and oxygen atoms in total. The molecule has 1 aliphatic rings. The van der Waals surface area contributed by atoms with E-state index in [0.29, 0.717) is 52.1 Å². The third-order valence-electron chi connectivity index (χ3n) is 7.53. The van der Waals surface area contributed by atoms with Gasteiger partial charge in [0.1, 0.15) is 30.7 Å². The first-order chi connectivity index (χ1) is 20.8. The fraction of sp³-hybridized carbons (Fsp3) is 0.265. The lowest BCUT2D eigenvalue weighted by molar-refractivity contribution is 0.0697. The molecule has 6 rings (SSSR count). The molecule has 2 aromatic heterocycles. The molecule has 3 aromatic carbocycles. The number of halogens is 3. The van der Waals surface area contributed by atoms with Crippen molar-refractivity contribution in [1.29, 1.82) is 0 Å². The molecule has 5 aromatic rings. The van der Waals surface area contributed by atoms with Gasteiger partial charge in [-0.15, -0.1) is 0 Å². The number of aromatic carboxylic acids is 1. The fourth-order valence-electron chi connectivity index (χ4n) is 5.06. The van der Waals surface area contributed by atoms with Crippen LogP contribution in [-0.4, -0.2) is 32.3 Å². The highest BCUT2D eigenvalue weighted by molar-refractivity contribution is 5.92. The zero-order valence-corrected chi connectivity index (χ0v) is 24.2. The zero-order chi connectivity index (χ0) is 30.7. The van der Waals surface area contributed by atoms with Gasteiger partial charge >= 0.3 is 5.97 Å². The normalized spacial score (nSPS) is 13.3. The van der Waals surface area contributed by atoms with E-state index in [-0.39, 0.29) is 30.3 Å². The van der Waals surface area contributed by atoms with Crippen molar-refractivity contribution in [3.63, 3.8) is 0 Å². The molecule has 0 atom stereocenters. The molecule has 0 unspecified atom stereocenters. The minimum atomic E-state index is -1.08. The Hall–Kier alpha value is -4.66. The molecule has 0 bridgehead atoms. The standard InChI is InChI=1S/C32H26F3N3O3.C2H6/c1-19-5-6-23(24(34)13-19)17-41-30-4-2-3-26(37-30)21-8-7-20(25(35)14-21)16-29-36-27-10-9-22(31(39)40)15-28(27)38(29)32(18-33)11-12-32;1-2/h2-10,13-15H,11-12,16-18H2,1H3,(H,39,40);1-2H3. The summed E-state index contributed by atoms with van der Waals surface area (Å²) in [6, 6.07) is 19.3. The molecule has 0 amide bonds. The second-order valence-corrected chi connectivity index (χ2v) is 10.5. The highest BCUT2D eigenvalue weighted by Gasteiger charge is 2.47. The third kappa shape index (κ3) is 6.11. The highest BCUT2D eigenvalue weighted by atomic mass is 19.1. The summed E-state index contributed by atoms with van der Waals surface area (Å²) in [4.78, 5) is 20.6. The number of rotatable bonds is 9. The van der Waals surface area contributed by atoms with Crippen LogP contribution in [0.15, 0.2) is 72.8 Å². The minimum absolute atomic E-state index is 0.00515. The van der Waals surface area contributed by atoms with Crippen LogP contribution in [0.1, 0.15) is 59.6 Å². The molecule has 2 heterocycles. The van der Waals surface area contributed by atoms with E-state index in [1.807, 2.05) is 20.8 Å². The summed E-state index contributed by atoms with van der Waals surface area (Å²) >= 11 is 0. The van der Waals surface area contributed by atoms with Crippen LogP contribution < -0.4 is 4.74 Å². The summed E-state index contributed by atoms with van der Waals surface area (Å²) in [5.74, 6) is -1.16. The summed E-state index contributed by atoms with van der Waals surface area (Å²) < 4.78 is 51.2. The number of imidazole rings is 1. The summed E-state index contributed by atoms with van der Waals surface area (Å²) in [5.41, 5.74) is 2.95. The van der Waals surface area contributed by atoms with Crippen molar-refractivity contribution >= 4 is 17.0 Å². The van der Waals surface area contributed by atoms with E-state index in [2.05, 4.69) is 9.97 Å². The number of pyridine rings is 1. The van der Waals surface area contributed by atoms with Crippen molar-refractivity contribution in [3.05, 3.63) is 113 Å². The van der Waals surface area contributed by atoms with Gasteiger partial charge in [0.25, 0.3) is 0 Å². The van der Waals surface area contributed by atoms with Crippen molar-refractivity contribution in [2.75, 3.05) is 6.67 Å². The number of nitrogens with zero attached hydrogens (tertiary/aromatic N) is 3. The predicted molar refractivity (Wildman–Crippen MR) is 159 cm³/mol. The second kappa shape index (κ2) is 12.3. The number of aromatic nitrogens is 3. The van der Waals surface area contributed by atoms with Crippen LogP contribution in [-0.2, 0) is 18.6 Å². The maximum atomic E-state index is 15.4. The van der Waals surface area contributed by atoms with Gasteiger partial charge < -0.3 is 14.4 Å². The maximum Gasteiger partial charge on any atom is 0.335 e. The average Bonchev–Trinajstić information content (AvgIpc) is 3.72. The lowest BCUT2D eigenvalue weighted by Crippen LogP contribution is -2.22.